The van der Waals surface area contributed by atoms with Gasteiger partial charge in [0.15, 0.2) is 0 Å². The topological polar surface area (TPSA) is 40.9 Å². The summed E-state index contributed by atoms with van der Waals surface area (Å²) in [5.41, 5.74) is 0.981. The molecule has 2 nitrogen and oxygen atoms in total. The maximum absolute atomic E-state index is 11.9. The third-order valence-electron chi connectivity index (χ3n) is 2.09. The average Bonchev–Trinajstić information content (AvgIpc) is 2.17. The van der Waals surface area contributed by atoms with Crippen molar-refractivity contribution in [3.05, 3.63) is 29.8 Å². The van der Waals surface area contributed by atoms with Gasteiger partial charge in [0.2, 0.25) is 0 Å². The number of nitrogens with one attached hydrogen (secondary N) is 1. The molecule has 1 N–H and O–H groups in total. The highest BCUT2D eigenvalue weighted by atomic mass is 35.5. The second kappa shape index (κ2) is 4.32. The summed E-state index contributed by atoms with van der Waals surface area (Å²) in [6, 6.07) is 7.10. The van der Waals surface area contributed by atoms with Crippen molar-refractivity contribution in [3.8, 4) is 0 Å². The van der Waals surface area contributed by atoms with Crippen molar-refractivity contribution in [1.29, 1.82) is 4.78 Å². The Hall–Kier alpha value is -0.540. The molecule has 0 spiro atoms. The van der Waals surface area contributed by atoms with E-state index in [9.17, 15) is 4.21 Å². The van der Waals surface area contributed by atoms with Crippen LogP contribution in [-0.2, 0) is 15.6 Å². The molecule has 0 aliphatic carbocycles. The van der Waals surface area contributed by atoms with Gasteiger partial charge in [-0.2, -0.15) is 0 Å². The molecule has 0 saturated carbocycles. The van der Waals surface area contributed by atoms with Gasteiger partial charge in [-0.05, 0) is 31.5 Å². The third-order valence-corrected chi connectivity index (χ3v) is 4.70. The van der Waals surface area contributed by atoms with Crippen LogP contribution in [0.5, 0.6) is 0 Å². The average molecular weight is 232 g/mol. The highest BCUT2D eigenvalue weighted by Gasteiger charge is 2.14. The molecule has 0 heterocycles. The summed E-state index contributed by atoms with van der Waals surface area (Å²) >= 11 is 5.64. The van der Waals surface area contributed by atoms with Gasteiger partial charge < -0.3 is 0 Å². The Morgan fingerprint density at radius 1 is 1.36 bits per heavy atom. The van der Waals surface area contributed by atoms with Crippen molar-refractivity contribution in [2.45, 2.75) is 29.9 Å². The molecular formula is C10H14ClNOS. The number of hydrogen-bond donors (Lipinski definition) is 1. The molecule has 0 aliphatic heterocycles. The Bertz CT molecular complexity index is 395. The summed E-state index contributed by atoms with van der Waals surface area (Å²) in [6.45, 7) is 3.59. The molecule has 0 radical (unpaired) electrons. The van der Waals surface area contributed by atoms with E-state index in [-0.39, 0.29) is 5.25 Å². The van der Waals surface area contributed by atoms with Crippen LogP contribution in [0.25, 0.3) is 0 Å². The SMILES string of the molecule is CC(C)S(=N)(=O)c1ccc(CCl)cc1. The van der Waals surface area contributed by atoms with Gasteiger partial charge in [-0.1, -0.05) is 12.1 Å². The Morgan fingerprint density at radius 3 is 2.21 bits per heavy atom. The van der Waals surface area contributed by atoms with Crippen LogP contribution in [0.4, 0.5) is 0 Å². The quantitative estimate of drug-likeness (QED) is 0.798. The van der Waals surface area contributed by atoms with E-state index in [0.717, 1.165) is 5.56 Å². The fourth-order valence-electron chi connectivity index (χ4n) is 1.05. The molecule has 0 amide bonds. The number of rotatable bonds is 3. The van der Waals surface area contributed by atoms with Gasteiger partial charge in [0.1, 0.15) is 0 Å². The first-order valence-corrected chi connectivity index (χ1v) is 6.56. The first kappa shape index (κ1) is 11.5. The zero-order valence-corrected chi connectivity index (χ0v) is 9.86. The lowest BCUT2D eigenvalue weighted by atomic mass is 10.2. The van der Waals surface area contributed by atoms with Crippen LogP contribution >= 0.6 is 11.6 Å². The third kappa shape index (κ3) is 2.28. The molecule has 4 heteroatoms. The minimum atomic E-state index is -2.64. The number of hydrogen-bond acceptors (Lipinski definition) is 2. The van der Waals surface area contributed by atoms with Crippen molar-refractivity contribution in [3.63, 3.8) is 0 Å². The molecule has 0 aliphatic rings. The smallest absolute Gasteiger partial charge is 0.0749 e. The van der Waals surface area contributed by atoms with Crippen molar-refractivity contribution in [1.82, 2.24) is 0 Å². The van der Waals surface area contributed by atoms with E-state index in [0.29, 0.717) is 10.8 Å². The van der Waals surface area contributed by atoms with Gasteiger partial charge in [0, 0.05) is 16.0 Å². The molecule has 14 heavy (non-hydrogen) atoms. The molecule has 1 atom stereocenters. The van der Waals surface area contributed by atoms with Crippen molar-refractivity contribution >= 4 is 21.3 Å². The summed E-state index contributed by atoms with van der Waals surface area (Å²) in [7, 11) is -2.64. The van der Waals surface area contributed by atoms with Crippen LogP contribution in [0.2, 0.25) is 0 Å². The lowest BCUT2D eigenvalue weighted by Gasteiger charge is -2.11. The van der Waals surface area contributed by atoms with Gasteiger partial charge in [-0.25, -0.2) is 8.99 Å². The molecule has 0 aromatic heterocycles. The van der Waals surface area contributed by atoms with Gasteiger partial charge in [0.05, 0.1) is 9.73 Å². The van der Waals surface area contributed by atoms with Crippen molar-refractivity contribution < 1.29 is 4.21 Å². The van der Waals surface area contributed by atoms with Crippen molar-refractivity contribution in [2.24, 2.45) is 0 Å². The Kier molecular flexibility index (Phi) is 3.56. The lowest BCUT2D eigenvalue weighted by Crippen LogP contribution is -2.12. The van der Waals surface area contributed by atoms with Crippen LogP contribution in [-0.4, -0.2) is 9.46 Å². The zero-order valence-electron chi connectivity index (χ0n) is 8.29. The number of benzene rings is 1. The summed E-state index contributed by atoms with van der Waals surface area (Å²) in [5.74, 6) is 0.446. The Morgan fingerprint density at radius 2 is 1.86 bits per heavy atom. The standard InChI is InChI=1S/C10H14ClNOS/c1-8(2)14(12,13)10-5-3-9(7-11)4-6-10/h3-6,8,12H,7H2,1-2H3. The van der Waals surface area contributed by atoms with E-state index in [1.54, 1.807) is 26.0 Å². The highest BCUT2D eigenvalue weighted by molar-refractivity contribution is 7.93. The second-order valence-corrected chi connectivity index (χ2v) is 6.31. The van der Waals surface area contributed by atoms with Crippen LogP contribution in [0.3, 0.4) is 0 Å². The maximum Gasteiger partial charge on any atom is 0.0749 e. The zero-order chi connectivity index (χ0) is 10.8. The van der Waals surface area contributed by atoms with Crippen LogP contribution in [0.15, 0.2) is 29.2 Å². The fraction of sp³-hybridized carbons (Fsp3) is 0.400. The van der Waals surface area contributed by atoms with E-state index in [4.69, 9.17) is 16.4 Å². The first-order chi connectivity index (χ1) is 6.48. The van der Waals surface area contributed by atoms with Crippen LogP contribution in [0.1, 0.15) is 19.4 Å². The molecule has 1 aromatic carbocycles. The minimum Gasteiger partial charge on any atom is -0.249 e. The van der Waals surface area contributed by atoms with Crippen LogP contribution in [0, 0.1) is 4.78 Å². The van der Waals surface area contributed by atoms with E-state index >= 15 is 0 Å². The van der Waals surface area contributed by atoms with Crippen LogP contribution < -0.4 is 0 Å². The lowest BCUT2D eigenvalue weighted by molar-refractivity contribution is 0.667. The Balaban J connectivity index is 3.10. The predicted molar refractivity (Wildman–Crippen MR) is 60.3 cm³/mol. The summed E-state index contributed by atoms with van der Waals surface area (Å²) in [6.07, 6.45) is 0. The Labute approximate surface area is 90.3 Å². The molecular weight excluding hydrogens is 218 g/mol. The van der Waals surface area contributed by atoms with Gasteiger partial charge in [-0.15, -0.1) is 11.6 Å². The molecule has 1 aromatic rings. The normalized spacial score (nSPS) is 15.4. The van der Waals surface area contributed by atoms with Gasteiger partial charge in [0.25, 0.3) is 0 Å². The van der Waals surface area contributed by atoms with E-state index in [2.05, 4.69) is 0 Å². The minimum absolute atomic E-state index is 0.163. The van der Waals surface area contributed by atoms with Crippen molar-refractivity contribution in [2.75, 3.05) is 0 Å². The molecule has 0 saturated heterocycles. The monoisotopic (exact) mass is 231 g/mol. The second-order valence-electron chi connectivity index (χ2n) is 3.43. The maximum atomic E-state index is 11.9. The first-order valence-electron chi connectivity index (χ1n) is 4.41. The predicted octanol–water partition coefficient (Wildman–Crippen LogP) is 3.24. The van der Waals surface area contributed by atoms with Gasteiger partial charge in [-0.3, -0.25) is 0 Å². The molecule has 0 fully saturated rings. The molecule has 0 bridgehead atoms. The van der Waals surface area contributed by atoms with E-state index in [1.165, 1.54) is 0 Å². The number of halogens is 1. The summed E-state index contributed by atoms with van der Waals surface area (Å²) in [5, 5.41) is -0.163. The highest BCUT2D eigenvalue weighted by Crippen LogP contribution is 2.17. The fourth-order valence-corrected chi connectivity index (χ4v) is 2.32. The van der Waals surface area contributed by atoms with E-state index in [1.807, 2.05) is 12.1 Å². The summed E-state index contributed by atoms with van der Waals surface area (Å²) < 4.78 is 19.7. The molecule has 78 valence electrons. The molecule has 1 unspecified atom stereocenters. The van der Waals surface area contributed by atoms with Gasteiger partial charge >= 0.3 is 0 Å². The number of alkyl halides is 1. The van der Waals surface area contributed by atoms with E-state index < -0.39 is 9.73 Å². The molecule has 1 rings (SSSR count). The largest absolute Gasteiger partial charge is 0.249 e. The summed E-state index contributed by atoms with van der Waals surface area (Å²) in [4.78, 5) is 0.585.